The van der Waals surface area contributed by atoms with Crippen molar-refractivity contribution in [3.8, 4) is 0 Å². The number of nitrogens with zero attached hydrogens (tertiary/aromatic N) is 4. The molecule has 2 heterocycles. The Kier molecular flexibility index (Phi) is 3.67. The molecular formula is C16H21N5OS. The third-order valence-corrected chi connectivity index (χ3v) is 5.39. The molecule has 2 aromatic rings. The van der Waals surface area contributed by atoms with E-state index in [1.807, 2.05) is 25.3 Å². The van der Waals surface area contributed by atoms with Crippen LogP contribution in [0, 0.1) is 0 Å². The van der Waals surface area contributed by atoms with Crippen LogP contribution in [0.15, 0.2) is 16.3 Å². The summed E-state index contributed by atoms with van der Waals surface area (Å²) >= 11 is 1.60. The Morgan fingerprint density at radius 1 is 1.39 bits per heavy atom. The summed E-state index contributed by atoms with van der Waals surface area (Å²) in [6.45, 7) is 0. The van der Waals surface area contributed by atoms with E-state index in [1.54, 1.807) is 11.8 Å². The van der Waals surface area contributed by atoms with Gasteiger partial charge in [-0.1, -0.05) is 11.8 Å². The van der Waals surface area contributed by atoms with Crippen molar-refractivity contribution in [3.05, 3.63) is 33.6 Å². The SMILES string of the molecule is CN(C)c1ncn(C2CC2)c1CSc1nc2c(c(=O)[nH]1)CCC2. The number of hydrogen-bond acceptors (Lipinski definition) is 5. The van der Waals surface area contributed by atoms with E-state index in [0.717, 1.165) is 47.2 Å². The average Bonchev–Trinajstić information content (AvgIpc) is 3.09. The third-order valence-electron chi connectivity index (χ3n) is 4.50. The summed E-state index contributed by atoms with van der Waals surface area (Å²) < 4.78 is 2.29. The van der Waals surface area contributed by atoms with Gasteiger partial charge in [-0.05, 0) is 32.1 Å². The number of thioether (sulfide) groups is 1. The summed E-state index contributed by atoms with van der Waals surface area (Å²) in [5, 5.41) is 0.726. The molecule has 0 radical (unpaired) electrons. The standard InChI is InChI=1S/C16H21N5OS/c1-20(2)14-13(21(9-17-14)10-6-7-10)8-23-16-18-12-5-3-4-11(12)15(22)19-16/h9-10H,3-8H2,1-2H3,(H,18,19,22). The van der Waals surface area contributed by atoms with E-state index in [2.05, 4.69) is 19.5 Å². The van der Waals surface area contributed by atoms with Crippen LogP contribution in [0.1, 0.15) is 42.3 Å². The van der Waals surface area contributed by atoms with Crippen LogP contribution >= 0.6 is 11.8 Å². The molecule has 2 aromatic heterocycles. The molecule has 0 amide bonds. The zero-order chi connectivity index (χ0) is 16.0. The number of hydrogen-bond donors (Lipinski definition) is 1. The smallest absolute Gasteiger partial charge is 0.254 e. The minimum Gasteiger partial charge on any atom is -0.361 e. The summed E-state index contributed by atoms with van der Waals surface area (Å²) in [4.78, 5) is 26.3. The fraction of sp³-hybridized carbons (Fsp3) is 0.562. The lowest BCUT2D eigenvalue weighted by Gasteiger charge is -2.14. The maximum absolute atomic E-state index is 12.1. The molecular weight excluding hydrogens is 310 g/mol. The van der Waals surface area contributed by atoms with Crippen molar-refractivity contribution < 1.29 is 0 Å². The number of rotatable bonds is 5. The van der Waals surface area contributed by atoms with Crippen molar-refractivity contribution in [1.82, 2.24) is 19.5 Å². The maximum Gasteiger partial charge on any atom is 0.254 e. The Balaban J connectivity index is 1.59. The van der Waals surface area contributed by atoms with E-state index in [-0.39, 0.29) is 5.56 Å². The number of anilines is 1. The fourth-order valence-electron chi connectivity index (χ4n) is 3.18. The van der Waals surface area contributed by atoms with Crippen LogP contribution in [0.3, 0.4) is 0 Å². The first-order valence-corrected chi connectivity index (χ1v) is 9.10. The predicted molar refractivity (Wildman–Crippen MR) is 91.3 cm³/mol. The topological polar surface area (TPSA) is 66.8 Å². The van der Waals surface area contributed by atoms with Gasteiger partial charge in [-0.25, -0.2) is 9.97 Å². The molecule has 0 spiro atoms. The van der Waals surface area contributed by atoms with Gasteiger partial charge < -0.3 is 14.5 Å². The first-order valence-electron chi connectivity index (χ1n) is 8.11. The first-order chi connectivity index (χ1) is 11.1. The lowest BCUT2D eigenvalue weighted by molar-refractivity contribution is 0.713. The molecule has 0 bridgehead atoms. The maximum atomic E-state index is 12.1. The second-order valence-corrected chi connectivity index (χ2v) is 7.45. The van der Waals surface area contributed by atoms with Crippen LogP contribution in [0.5, 0.6) is 0 Å². The van der Waals surface area contributed by atoms with E-state index >= 15 is 0 Å². The Morgan fingerprint density at radius 2 is 2.22 bits per heavy atom. The quantitative estimate of drug-likeness (QED) is 0.672. The van der Waals surface area contributed by atoms with Crippen molar-refractivity contribution in [1.29, 1.82) is 0 Å². The van der Waals surface area contributed by atoms with Crippen LogP contribution in [-0.4, -0.2) is 33.6 Å². The zero-order valence-electron chi connectivity index (χ0n) is 13.5. The van der Waals surface area contributed by atoms with Crippen LogP contribution in [0.25, 0.3) is 0 Å². The number of aromatic amines is 1. The highest BCUT2D eigenvalue weighted by Crippen LogP contribution is 2.39. The van der Waals surface area contributed by atoms with Crippen LogP contribution in [0.4, 0.5) is 5.82 Å². The van der Waals surface area contributed by atoms with Crippen LogP contribution < -0.4 is 10.5 Å². The summed E-state index contributed by atoms with van der Waals surface area (Å²) in [5.41, 5.74) is 3.12. The molecule has 4 rings (SSSR count). The number of aromatic nitrogens is 4. The molecule has 1 fully saturated rings. The largest absolute Gasteiger partial charge is 0.361 e. The second kappa shape index (κ2) is 5.70. The molecule has 122 valence electrons. The van der Waals surface area contributed by atoms with E-state index in [9.17, 15) is 4.79 Å². The van der Waals surface area contributed by atoms with E-state index < -0.39 is 0 Å². The lowest BCUT2D eigenvalue weighted by atomic mass is 10.3. The number of fused-ring (bicyclic) bond motifs is 1. The monoisotopic (exact) mass is 331 g/mol. The summed E-state index contributed by atoms with van der Waals surface area (Å²) in [5.74, 6) is 1.78. The normalized spacial score (nSPS) is 16.6. The highest BCUT2D eigenvalue weighted by Gasteiger charge is 2.28. The molecule has 23 heavy (non-hydrogen) atoms. The second-order valence-electron chi connectivity index (χ2n) is 6.49. The predicted octanol–water partition coefficient (Wildman–Crippen LogP) is 2.15. The molecule has 0 aromatic carbocycles. The number of aryl methyl sites for hydroxylation is 1. The molecule has 0 unspecified atom stereocenters. The van der Waals surface area contributed by atoms with Gasteiger partial charge in [0.15, 0.2) is 5.16 Å². The Labute approximate surface area is 139 Å². The van der Waals surface area contributed by atoms with Crippen LogP contribution in [0.2, 0.25) is 0 Å². The highest BCUT2D eigenvalue weighted by atomic mass is 32.2. The number of nitrogens with one attached hydrogen (secondary N) is 1. The van der Waals surface area contributed by atoms with Gasteiger partial charge in [-0.15, -0.1) is 0 Å². The molecule has 0 saturated heterocycles. The first kappa shape index (κ1) is 14.8. The third kappa shape index (κ3) is 2.78. The van der Waals surface area contributed by atoms with Crippen molar-refractivity contribution in [2.45, 2.75) is 49.1 Å². The van der Waals surface area contributed by atoms with Gasteiger partial charge in [0.05, 0.1) is 17.7 Å². The van der Waals surface area contributed by atoms with Crippen molar-refractivity contribution in [2.75, 3.05) is 19.0 Å². The van der Waals surface area contributed by atoms with Gasteiger partial charge in [-0.2, -0.15) is 0 Å². The molecule has 2 aliphatic rings. The van der Waals surface area contributed by atoms with Crippen molar-refractivity contribution >= 4 is 17.6 Å². The van der Waals surface area contributed by atoms with Gasteiger partial charge >= 0.3 is 0 Å². The molecule has 0 atom stereocenters. The molecule has 6 nitrogen and oxygen atoms in total. The minimum atomic E-state index is 0.0403. The van der Waals surface area contributed by atoms with Crippen LogP contribution in [-0.2, 0) is 18.6 Å². The Bertz CT molecular complexity index is 771. The fourth-order valence-corrected chi connectivity index (χ4v) is 4.07. The zero-order valence-corrected chi connectivity index (χ0v) is 14.3. The number of H-pyrrole nitrogens is 1. The van der Waals surface area contributed by atoms with Gasteiger partial charge in [-0.3, -0.25) is 4.79 Å². The Morgan fingerprint density at radius 3 is 2.96 bits per heavy atom. The molecule has 1 saturated carbocycles. The number of imidazole rings is 1. The van der Waals surface area contributed by atoms with E-state index in [1.165, 1.54) is 18.5 Å². The molecule has 2 aliphatic carbocycles. The summed E-state index contributed by atoms with van der Waals surface area (Å²) in [7, 11) is 4.03. The summed E-state index contributed by atoms with van der Waals surface area (Å²) in [6, 6.07) is 0.596. The van der Waals surface area contributed by atoms with Gasteiger partial charge in [0.25, 0.3) is 5.56 Å². The minimum absolute atomic E-state index is 0.0403. The molecule has 1 N–H and O–H groups in total. The molecule has 0 aliphatic heterocycles. The van der Waals surface area contributed by atoms with Gasteiger partial charge in [0, 0.05) is 31.5 Å². The van der Waals surface area contributed by atoms with Crippen molar-refractivity contribution in [3.63, 3.8) is 0 Å². The average molecular weight is 331 g/mol. The van der Waals surface area contributed by atoms with Gasteiger partial charge in [0.1, 0.15) is 5.82 Å². The highest BCUT2D eigenvalue weighted by molar-refractivity contribution is 7.98. The Hall–Kier alpha value is -1.76. The van der Waals surface area contributed by atoms with E-state index in [0.29, 0.717) is 6.04 Å². The molecule has 7 heteroatoms. The lowest BCUT2D eigenvalue weighted by Crippen LogP contribution is -2.15. The van der Waals surface area contributed by atoms with Gasteiger partial charge in [0.2, 0.25) is 0 Å². The summed E-state index contributed by atoms with van der Waals surface area (Å²) in [6.07, 6.45) is 7.24. The van der Waals surface area contributed by atoms with Crippen molar-refractivity contribution in [2.24, 2.45) is 0 Å². The van der Waals surface area contributed by atoms with E-state index in [4.69, 9.17) is 0 Å².